The van der Waals surface area contributed by atoms with Crippen molar-refractivity contribution in [3.63, 3.8) is 0 Å². The Balaban J connectivity index is 4.59. The summed E-state index contributed by atoms with van der Waals surface area (Å²) in [5.74, 6) is -1.08. The van der Waals surface area contributed by atoms with Crippen LogP contribution >= 0.6 is 0 Å². The third kappa shape index (κ3) is 44.5. The minimum atomic E-state index is -0.835. The molecule has 0 amide bonds. The quantitative estimate of drug-likeness (QED) is 0.0203. The Hall–Kier alpha value is -4.45. The van der Waals surface area contributed by atoms with E-state index >= 15 is 0 Å². The third-order valence-electron chi connectivity index (χ3n) is 8.69. The second kappa shape index (κ2) is 46.2. The van der Waals surface area contributed by atoms with Crippen LogP contribution in [-0.2, 0) is 28.6 Å². The maximum Gasteiger partial charge on any atom is 0.306 e. The van der Waals surface area contributed by atoms with Gasteiger partial charge in [0.15, 0.2) is 6.10 Å². The van der Waals surface area contributed by atoms with Gasteiger partial charge in [-0.05, 0) is 103 Å². The van der Waals surface area contributed by atoms with Crippen molar-refractivity contribution in [3.05, 3.63) is 134 Å². The largest absolute Gasteiger partial charge is 0.462 e. The molecule has 0 aliphatic rings. The van der Waals surface area contributed by atoms with Crippen molar-refractivity contribution >= 4 is 17.9 Å². The van der Waals surface area contributed by atoms with Gasteiger partial charge in [-0.15, -0.1) is 0 Å². The van der Waals surface area contributed by atoms with Gasteiger partial charge in [0.1, 0.15) is 13.2 Å². The van der Waals surface area contributed by atoms with E-state index in [9.17, 15) is 14.4 Å². The van der Waals surface area contributed by atoms with E-state index in [0.29, 0.717) is 12.8 Å². The summed E-state index contributed by atoms with van der Waals surface area (Å²) in [6.07, 6.45) is 64.5. The van der Waals surface area contributed by atoms with Crippen LogP contribution in [0.4, 0.5) is 0 Å². The molecule has 0 rings (SSSR count). The molecule has 0 N–H and O–H groups in total. The van der Waals surface area contributed by atoms with Crippen molar-refractivity contribution in [3.8, 4) is 0 Å². The molecule has 0 saturated heterocycles. The van der Waals surface area contributed by atoms with E-state index in [0.717, 1.165) is 109 Å². The number of esters is 3. The fourth-order valence-electron chi connectivity index (χ4n) is 5.38. The first-order valence-electron chi connectivity index (χ1n) is 22.7. The van der Waals surface area contributed by atoms with Gasteiger partial charge in [0.2, 0.25) is 0 Å². The van der Waals surface area contributed by atoms with Crippen LogP contribution in [0.2, 0.25) is 0 Å². The zero-order valence-electron chi connectivity index (χ0n) is 37.2. The molecule has 328 valence electrons. The molecule has 0 fully saturated rings. The summed E-state index contributed by atoms with van der Waals surface area (Å²) in [7, 11) is 0. The summed E-state index contributed by atoms with van der Waals surface area (Å²) in [6.45, 7) is 6.11. The first-order valence-corrected chi connectivity index (χ1v) is 22.7. The lowest BCUT2D eigenvalue weighted by molar-refractivity contribution is -0.167. The highest BCUT2D eigenvalue weighted by molar-refractivity contribution is 5.71. The predicted molar refractivity (Wildman–Crippen MR) is 251 cm³/mol. The van der Waals surface area contributed by atoms with E-state index in [1.54, 1.807) is 0 Å². The Bertz CT molecular complexity index is 1350. The molecule has 0 aromatic heterocycles. The number of hydrogen-bond acceptors (Lipinski definition) is 6. The second-order valence-corrected chi connectivity index (χ2v) is 14.2. The van der Waals surface area contributed by atoms with Gasteiger partial charge in [-0.2, -0.15) is 0 Å². The van der Waals surface area contributed by atoms with E-state index in [4.69, 9.17) is 14.2 Å². The summed E-state index contributed by atoms with van der Waals surface area (Å²) in [5, 5.41) is 0. The Labute approximate surface area is 360 Å². The molecule has 59 heavy (non-hydrogen) atoms. The molecule has 1 unspecified atom stereocenters. The molecule has 6 heteroatoms. The minimum absolute atomic E-state index is 0.136. The lowest BCUT2D eigenvalue weighted by atomic mass is 10.1. The van der Waals surface area contributed by atoms with Crippen molar-refractivity contribution in [2.75, 3.05) is 13.2 Å². The lowest BCUT2D eigenvalue weighted by Crippen LogP contribution is -2.30. The lowest BCUT2D eigenvalue weighted by Gasteiger charge is -2.18. The minimum Gasteiger partial charge on any atom is -0.462 e. The summed E-state index contributed by atoms with van der Waals surface area (Å²) < 4.78 is 16.6. The van der Waals surface area contributed by atoms with E-state index in [2.05, 4.69) is 148 Å². The van der Waals surface area contributed by atoms with Gasteiger partial charge in [-0.25, -0.2) is 0 Å². The molecule has 0 heterocycles. The Morgan fingerprint density at radius 2 is 0.712 bits per heavy atom. The molecule has 0 saturated carbocycles. The number of carbonyl (C=O) groups excluding carboxylic acids is 3. The van der Waals surface area contributed by atoms with E-state index in [-0.39, 0.29) is 50.4 Å². The number of unbranched alkanes of at least 4 members (excludes halogenated alkanes) is 7. The van der Waals surface area contributed by atoms with Gasteiger partial charge in [-0.3, -0.25) is 14.4 Å². The van der Waals surface area contributed by atoms with E-state index < -0.39 is 6.10 Å². The smallest absolute Gasteiger partial charge is 0.306 e. The molecule has 6 nitrogen and oxygen atoms in total. The number of allylic oxidation sites excluding steroid dienone is 22. The molecule has 0 aromatic rings. The number of ether oxygens (including phenoxy) is 3. The van der Waals surface area contributed by atoms with Gasteiger partial charge in [0.05, 0.1) is 0 Å². The van der Waals surface area contributed by atoms with Gasteiger partial charge in [0, 0.05) is 19.3 Å². The van der Waals surface area contributed by atoms with Crippen LogP contribution in [0.25, 0.3) is 0 Å². The fraction of sp³-hybridized carbons (Fsp3) is 0.528. The van der Waals surface area contributed by atoms with E-state index in [1.807, 2.05) is 6.08 Å². The zero-order valence-corrected chi connectivity index (χ0v) is 37.2. The molecule has 0 bridgehead atoms. The van der Waals surface area contributed by atoms with E-state index in [1.165, 1.54) is 0 Å². The Morgan fingerprint density at radius 3 is 1.17 bits per heavy atom. The SMILES string of the molecule is CC\C=C/C=C\C=C/CCCCCCCC(=O)OC(COC(=O)CCC/C=C\C/C=C\C/C=C\CC)COC(=O)CCC/C=C\C/C=C\C/C=C\C/C=C\C/C=C\CC. The van der Waals surface area contributed by atoms with Crippen LogP contribution in [-0.4, -0.2) is 37.2 Å². The average molecular weight is 813 g/mol. The molecule has 0 radical (unpaired) electrons. The second-order valence-electron chi connectivity index (χ2n) is 14.2. The summed E-state index contributed by atoms with van der Waals surface area (Å²) in [6, 6.07) is 0. The van der Waals surface area contributed by atoms with Crippen molar-refractivity contribution in [1.82, 2.24) is 0 Å². The molecule has 0 aliphatic heterocycles. The highest BCUT2D eigenvalue weighted by Crippen LogP contribution is 2.11. The Kier molecular flexibility index (Phi) is 42.8. The number of rotatable bonds is 38. The van der Waals surface area contributed by atoms with Gasteiger partial charge in [0.25, 0.3) is 0 Å². The normalized spacial score (nSPS) is 13.3. The maximum absolute atomic E-state index is 12.7. The van der Waals surface area contributed by atoms with Crippen molar-refractivity contribution in [2.24, 2.45) is 0 Å². The van der Waals surface area contributed by atoms with Crippen LogP contribution in [0.5, 0.6) is 0 Å². The summed E-state index contributed by atoms with van der Waals surface area (Å²) >= 11 is 0. The van der Waals surface area contributed by atoms with Crippen molar-refractivity contribution < 1.29 is 28.6 Å². The Morgan fingerprint density at radius 1 is 0.356 bits per heavy atom. The average Bonchev–Trinajstić information content (AvgIpc) is 3.23. The number of hydrogen-bond donors (Lipinski definition) is 0. The van der Waals surface area contributed by atoms with Crippen LogP contribution in [0, 0.1) is 0 Å². The van der Waals surface area contributed by atoms with Crippen LogP contribution in [0.3, 0.4) is 0 Å². The van der Waals surface area contributed by atoms with Gasteiger partial charge < -0.3 is 14.2 Å². The molecule has 1 atom stereocenters. The summed E-state index contributed by atoms with van der Waals surface area (Å²) in [4.78, 5) is 37.7. The third-order valence-corrected chi connectivity index (χ3v) is 8.69. The summed E-state index contributed by atoms with van der Waals surface area (Å²) in [5.41, 5.74) is 0. The first-order chi connectivity index (χ1) is 29.0. The predicted octanol–water partition coefficient (Wildman–Crippen LogP) is 14.7. The monoisotopic (exact) mass is 813 g/mol. The maximum atomic E-state index is 12.7. The molecule has 0 spiro atoms. The molecule has 0 aliphatic carbocycles. The number of carbonyl (C=O) groups is 3. The van der Waals surface area contributed by atoms with Gasteiger partial charge in [-0.1, -0.05) is 174 Å². The van der Waals surface area contributed by atoms with Crippen molar-refractivity contribution in [1.29, 1.82) is 0 Å². The highest BCUT2D eigenvalue weighted by atomic mass is 16.6. The molecular weight excluding hydrogens is 733 g/mol. The topological polar surface area (TPSA) is 78.9 Å². The standard InChI is InChI=1S/C53H80O6/c1-4-7-10-13-16-19-22-24-25-26-27-29-31-34-37-40-43-46-52(55)58-49-50(48-57-51(54)45-42-39-36-33-30-21-18-15-12-9-6-3)59-53(56)47-44-41-38-35-32-28-23-20-17-14-11-8-5-2/h7-12,14,16-21,23-25,27,29,33-34,36-37,50H,4-6,13,15,22,26,28,30-32,35,38-49H2,1-3H3/b10-7-,11-8-,12-9-,17-14-,19-16-,21-18-,23-20-,25-24-,29-27-,36-33-,37-34-. The first kappa shape index (κ1) is 54.6. The molecule has 0 aromatic carbocycles. The zero-order chi connectivity index (χ0) is 43.0. The fourth-order valence-corrected chi connectivity index (χ4v) is 5.38. The van der Waals surface area contributed by atoms with Gasteiger partial charge >= 0.3 is 17.9 Å². The van der Waals surface area contributed by atoms with Crippen molar-refractivity contribution in [2.45, 2.75) is 168 Å². The van der Waals surface area contributed by atoms with Crippen LogP contribution in [0.15, 0.2) is 134 Å². The highest BCUT2D eigenvalue weighted by Gasteiger charge is 2.19. The molecular formula is C53H80O6. The van der Waals surface area contributed by atoms with Crippen LogP contribution in [0.1, 0.15) is 162 Å². The van der Waals surface area contributed by atoms with Crippen LogP contribution < -0.4 is 0 Å².